The molecule has 3 rings (SSSR count). The first-order valence-corrected chi connectivity index (χ1v) is 8.25. The van der Waals surface area contributed by atoms with Crippen molar-refractivity contribution in [2.24, 2.45) is 0 Å². The van der Waals surface area contributed by atoms with E-state index in [1.54, 1.807) is 0 Å². The molecule has 8 heteroatoms. The Morgan fingerprint density at radius 2 is 1.90 bits per heavy atom. The molecule has 1 aromatic rings. The zero-order chi connectivity index (χ0) is 14.2. The lowest BCUT2D eigenvalue weighted by molar-refractivity contribution is -0.0114. The van der Waals surface area contributed by atoms with Crippen molar-refractivity contribution in [3.63, 3.8) is 0 Å². The van der Waals surface area contributed by atoms with E-state index in [9.17, 15) is 8.42 Å². The summed E-state index contributed by atoms with van der Waals surface area (Å²) in [6, 6.07) is 0. The Labute approximate surface area is 118 Å². The van der Waals surface area contributed by atoms with Crippen LogP contribution >= 0.6 is 0 Å². The molecule has 1 aromatic heterocycles. The van der Waals surface area contributed by atoms with Crippen LogP contribution in [0.15, 0.2) is 17.3 Å². The minimum atomic E-state index is -3.52. The van der Waals surface area contributed by atoms with Gasteiger partial charge in [-0.05, 0) is 19.8 Å². The molecule has 110 valence electrons. The zero-order valence-electron chi connectivity index (χ0n) is 11.3. The first-order valence-electron chi connectivity index (χ1n) is 6.81. The minimum Gasteiger partial charge on any atom is -0.372 e. The number of rotatable bonds is 4. The van der Waals surface area contributed by atoms with E-state index in [2.05, 4.69) is 15.3 Å². The number of aromatic nitrogens is 2. The molecule has 2 saturated heterocycles. The summed E-state index contributed by atoms with van der Waals surface area (Å²) in [5.74, 6) is 0.438. The van der Waals surface area contributed by atoms with Gasteiger partial charge in [-0.2, -0.15) is 4.31 Å². The van der Waals surface area contributed by atoms with Crippen LogP contribution in [0, 0.1) is 0 Å². The molecule has 2 fully saturated rings. The number of hydrogen-bond acceptors (Lipinski definition) is 6. The van der Waals surface area contributed by atoms with Crippen molar-refractivity contribution in [3.05, 3.63) is 12.4 Å². The normalized spacial score (nSPS) is 26.6. The van der Waals surface area contributed by atoms with Crippen molar-refractivity contribution < 1.29 is 13.2 Å². The van der Waals surface area contributed by atoms with Crippen LogP contribution in [0.2, 0.25) is 0 Å². The molecule has 0 aromatic carbocycles. The summed E-state index contributed by atoms with van der Waals surface area (Å²) in [4.78, 5) is 8.19. The van der Waals surface area contributed by atoms with Gasteiger partial charge in [0, 0.05) is 19.6 Å². The minimum absolute atomic E-state index is 0.0328. The van der Waals surface area contributed by atoms with E-state index < -0.39 is 10.0 Å². The second-order valence-electron chi connectivity index (χ2n) is 5.05. The molecule has 0 saturated carbocycles. The number of sulfonamides is 1. The molecule has 2 aliphatic rings. The van der Waals surface area contributed by atoms with Crippen LogP contribution in [0.3, 0.4) is 0 Å². The molecular formula is C12H18N4O3S. The molecule has 20 heavy (non-hydrogen) atoms. The van der Waals surface area contributed by atoms with E-state index in [1.165, 1.54) is 16.7 Å². The Morgan fingerprint density at radius 1 is 1.30 bits per heavy atom. The molecule has 0 spiro atoms. The summed E-state index contributed by atoms with van der Waals surface area (Å²) in [7, 11) is -3.52. The summed E-state index contributed by atoms with van der Waals surface area (Å²) in [5, 5.41) is 2.94. The Hall–Kier alpha value is -1.25. The molecule has 7 nitrogen and oxygen atoms in total. The number of hydrogen-bond donors (Lipinski definition) is 1. The first kappa shape index (κ1) is 13.7. The highest BCUT2D eigenvalue weighted by Crippen LogP contribution is 2.29. The van der Waals surface area contributed by atoms with Gasteiger partial charge in [0.05, 0.1) is 24.6 Å². The number of nitrogens with zero attached hydrogens (tertiary/aromatic N) is 3. The maximum absolute atomic E-state index is 12.5. The van der Waals surface area contributed by atoms with Crippen LogP contribution in [-0.2, 0) is 14.8 Å². The summed E-state index contributed by atoms with van der Waals surface area (Å²) in [6.45, 7) is 3.47. The fraction of sp³-hybridized carbons (Fsp3) is 0.667. The molecular weight excluding hydrogens is 280 g/mol. The molecule has 2 unspecified atom stereocenters. The topological polar surface area (TPSA) is 84.4 Å². The van der Waals surface area contributed by atoms with Crippen LogP contribution in [0.4, 0.5) is 5.95 Å². The molecule has 1 N–H and O–H groups in total. The van der Waals surface area contributed by atoms with Crippen molar-refractivity contribution in [3.8, 4) is 0 Å². The fourth-order valence-electron chi connectivity index (χ4n) is 2.62. The summed E-state index contributed by atoms with van der Waals surface area (Å²) >= 11 is 0. The van der Waals surface area contributed by atoms with Gasteiger partial charge in [-0.25, -0.2) is 18.4 Å². The molecule has 2 aliphatic heterocycles. The first-order chi connectivity index (χ1) is 9.59. The number of morpholine rings is 1. The average molecular weight is 298 g/mol. The third-order valence-electron chi connectivity index (χ3n) is 3.61. The maximum atomic E-state index is 12.5. The molecule has 0 aliphatic carbocycles. The van der Waals surface area contributed by atoms with Crippen molar-refractivity contribution >= 4 is 16.0 Å². The number of anilines is 1. The van der Waals surface area contributed by atoms with E-state index in [0.717, 1.165) is 12.8 Å². The van der Waals surface area contributed by atoms with Gasteiger partial charge in [0.1, 0.15) is 4.90 Å². The third kappa shape index (κ3) is 2.50. The van der Waals surface area contributed by atoms with Crippen LogP contribution in [0.5, 0.6) is 0 Å². The average Bonchev–Trinajstić information content (AvgIpc) is 2.78. The van der Waals surface area contributed by atoms with Crippen LogP contribution in [0.1, 0.15) is 19.8 Å². The number of ether oxygens (including phenoxy) is 1. The zero-order valence-corrected chi connectivity index (χ0v) is 12.1. The highest BCUT2D eigenvalue weighted by Gasteiger charge is 2.39. The number of nitrogens with one attached hydrogen (secondary N) is 1. The molecule has 3 heterocycles. The number of fused-ring (bicyclic) bond motifs is 2. The van der Waals surface area contributed by atoms with Gasteiger partial charge < -0.3 is 10.1 Å². The van der Waals surface area contributed by atoms with Crippen molar-refractivity contribution in [2.75, 3.05) is 25.0 Å². The second kappa shape index (κ2) is 5.27. The largest absolute Gasteiger partial charge is 0.372 e. The lowest BCUT2D eigenvalue weighted by Crippen LogP contribution is -2.45. The Bertz CT molecular complexity index is 563. The smallest absolute Gasteiger partial charge is 0.246 e. The highest BCUT2D eigenvalue weighted by molar-refractivity contribution is 7.89. The Kier molecular flexibility index (Phi) is 3.61. The fourth-order valence-corrected chi connectivity index (χ4v) is 4.02. The maximum Gasteiger partial charge on any atom is 0.246 e. The van der Waals surface area contributed by atoms with Crippen LogP contribution in [0.25, 0.3) is 0 Å². The van der Waals surface area contributed by atoms with E-state index >= 15 is 0 Å². The van der Waals surface area contributed by atoms with Gasteiger partial charge in [-0.3, -0.25) is 0 Å². The molecule has 2 bridgehead atoms. The van der Waals surface area contributed by atoms with Crippen molar-refractivity contribution in [2.45, 2.75) is 36.9 Å². The van der Waals surface area contributed by atoms with Crippen LogP contribution in [-0.4, -0.2) is 54.5 Å². The lowest BCUT2D eigenvalue weighted by atomic mass is 10.2. The lowest BCUT2D eigenvalue weighted by Gasteiger charge is -2.31. The van der Waals surface area contributed by atoms with Gasteiger partial charge in [0.15, 0.2) is 0 Å². The van der Waals surface area contributed by atoms with E-state index in [0.29, 0.717) is 25.6 Å². The van der Waals surface area contributed by atoms with E-state index in [1.807, 2.05) is 6.92 Å². The predicted octanol–water partition coefficient (Wildman–Crippen LogP) is 0.460. The third-order valence-corrected chi connectivity index (χ3v) is 5.40. The highest BCUT2D eigenvalue weighted by atomic mass is 32.2. The molecule has 2 atom stereocenters. The van der Waals surface area contributed by atoms with Crippen molar-refractivity contribution in [1.29, 1.82) is 0 Å². The second-order valence-corrected chi connectivity index (χ2v) is 6.99. The standard InChI is InChI=1S/C12H18N4O3S/c1-2-13-12-14-5-11(6-15-12)20(17,18)16-7-9-3-4-10(8-16)19-9/h5-6,9-10H,2-4,7-8H2,1H3,(H,13,14,15). The van der Waals surface area contributed by atoms with Gasteiger partial charge in [-0.1, -0.05) is 0 Å². The van der Waals surface area contributed by atoms with Gasteiger partial charge in [-0.15, -0.1) is 0 Å². The SMILES string of the molecule is CCNc1ncc(S(=O)(=O)N2CC3CCC(C2)O3)cn1. The summed E-state index contributed by atoms with van der Waals surface area (Å²) in [6.07, 6.45) is 4.66. The van der Waals surface area contributed by atoms with Crippen molar-refractivity contribution in [1.82, 2.24) is 14.3 Å². The molecule has 0 radical (unpaired) electrons. The summed E-state index contributed by atoms with van der Waals surface area (Å²) < 4.78 is 32.2. The van der Waals surface area contributed by atoms with Gasteiger partial charge in [0.2, 0.25) is 16.0 Å². The quantitative estimate of drug-likeness (QED) is 0.869. The van der Waals surface area contributed by atoms with Gasteiger partial charge >= 0.3 is 0 Å². The van der Waals surface area contributed by atoms with E-state index in [-0.39, 0.29) is 17.1 Å². The predicted molar refractivity (Wildman–Crippen MR) is 72.8 cm³/mol. The van der Waals surface area contributed by atoms with Gasteiger partial charge in [0.25, 0.3) is 0 Å². The van der Waals surface area contributed by atoms with E-state index in [4.69, 9.17) is 4.74 Å². The monoisotopic (exact) mass is 298 g/mol. The van der Waals surface area contributed by atoms with Crippen LogP contribution < -0.4 is 5.32 Å². The molecule has 0 amide bonds. The Balaban J connectivity index is 1.80. The summed E-state index contributed by atoms with van der Waals surface area (Å²) in [5.41, 5.74) is 0. The Morgan fingerprint density at radius 3 is 2.45 bits per heavy atom.